The molecule has 9 nitrogen and oxygen atoms in total. The first kappa shape index (κ1) is 22.6. The summed E-state index contributed by atoms with van der Waals surface area (Å²) in [7, 11) is 0. The third-order valence-corrected chi connectivity index (χ3v) is 7.05. The van der Waals surface area contributed by atoms with E-state index in [0.717, 1.165) is 36.3 Å². The molecule has 0 amide bonds. The number of hydrogen-bond acceptors (Lipinski definition) is 7. The van der Waals surface area contributed by atoms with E-state index in [0.29, 0.717) is 39.2 Å². The summed E-state index contributed by atoms with van der Waals surface area (Å²) in [6.07, 6.45) is 14.0. The maximum absolute atomic E-state index is 16.1. The maximum Gasteiger partial charge on any atom is 0.161 e. The van der Waals surface area contributed by atoms with Crippen LogP contribution < -0.4 is 0 Å². The third-order valence-electron chi connectivity index (χ3n) is 7.05. The molecule has 1 aliphatic heterocycles. The van der Waals surface area contributed by atoms with Crippen LogP contribution in [0.3, 0.4) is 0 Å². The molecule has 1 fully saturated rings. The molecule has 0 unspecified atom stereocenters. The summed E-state index contributed by atoms with van der Waals surface area (Å²) < 4.78 is 16.1. The van der Waals surface area contributed by atoms with E-state index in [1.807, 2.05) is 30.5 Å². The minimum absolute atomic E-state index is 0.239. The molecule has 0 aromatic carbocycles. The van der Waals surface area contributed by atoms with Crippen molar-refractivity contribution in [3.8, 4) is 34.0 Å². The van der Waals surface area contributed by atoms with Gasteiger partial charge in [0.25, 0.3) is 0 Å². The first-order valence-electron chi connectivity index (χ1n) is 12.7. The minimum atomic E-state index is -0.462. The zero-order valence-electron chi connectivity index (χ0n) is 20.5. The van der Waals surface area contributed by atoms with Gasteiger partial charge in [0.05, 0.1) is 28.3 Å². The second kappa shape index (κ2) is 9.38. The van der Waals surface area contributed by atoms with Crippen molar-refractivity contribution in [2.45, 2.75) is 25.8 Å². The van der Waals surface area contributed by atoms with Gasteiger partial charge >= 0.3 is 0 Å². The van der Waals surface area contributed by atoms with Gasteiger partial charge in [-0.25, -0.2) is 9.37 Å². The lowest BCUT2D eigenvalue weighted by molar-refractivity contribution is 0.220. The number of imidazole rings is 1. The van der Waals surface area contributed by atoms with Gasteiger partial charge in [0.2, 0.25) is 0 Å². The summed E-state index contributed by atoms with van der Waals surface area (Å²) >= 11 is 0. The topological polar surface area (TPSA) is 112 Å². The lowest BCUT2D eigenvalue weighted by Crippen LogP contribution is -2.29. The highest BCUT2D eigenvalue weighted by molar-refractivity contribution is 5.97. The average molecular weight is 506 g/mol. The summed E-state index contributed by atoms with van der Waals surface area (Å²) in [4.78, 5) is 27.9. The van der Waals surface area contributed by atoms with Gasteiger partial charge < -0.3 is 4.98 Å². The summed E-state index contributed by atoms with van der Waals surface area (Å²) in [5.74, 6) is -0.0151. The standard InChI is InChI=1S/C28H24FN9/c29-23-22-21(15-33-24(23)19-12-17(13-31-14-19)16-38-10-2-1-3-11-38)36-37-27(22)28-34-20-6-9-32-25(26(20)35-28)18-4-7-30-8-5-18/h4-9,12-15H,1-3,10-11,16H2,(H,34,35)(H,36,37). The van der Waals surface area contributed by atoms with Crippen molar-refractivity contribution in [1.82, 2.24) is 45.0 Å². The van der Waals surface area contributed by atoms with Crippen LogP contribution in [-0.2, 0) is 6.54 Å². The van der Waals surface area contributed by atoms with Crippen LogP contribution in [0.15, 0.2) is 61.4 Å². The van der Waals surface area contributed by atoms with E-state index in [9.17, 15) is 0 Å². The van der Waals surface area contributed by atoms with E-state index in [-0.39, 0.29) is 5.69 Å². The van der Waals surface area contributed by atoms with Gasteiger partial charge in [0.15, 0.2) is 11.6 Å². The molecule has 2 N–H and O–H groups in total. The van der Waals surface area contributed by atoms with Crippen LogP contribution >= 0.6 is 0 Å². The quantitative estimate of drug-likeness (QED) is 0.333. The Morgan fingerprint density at radius 1 is 0.816 bits per heavy atom. The molecule has 0 bridgehead atoms. The molecule has 6 aromatic rings. The van der Waals surface area contributed by atoms with Gasteiger partial charge in [0.1, 0.15) is 16.9 Å². The van der Waals surface area contributed by atoms with E-state index >= 15 is 4.39 Å². The molecule has 1 saturated heterocycles. The lowest BCUT2D eigenvalue weighted by Gasteiger charge is -2.26. The van der Waals surface area contributed by atoms with Crippen molar-refractivity contribution in [3.63, 3.8) is 0 Å². The summed E-state index contributed by atoms with van der Waals surface area (Å²) in [6, 6.07) is 7.58. The number of nitrogens with one attached hydrogen (secondary N) is 2. The number of fused-ring (bicyclic) bond motifs is 2. The third kappa shape index (κ3) is 3.99. The molecule has 6 aromatic heterocycles. The Bertz CT molecular complexity index is 1750. The number of nitrogens with zero attached hydrogens (tertiary/aromatic N) is 7. The van der Waals surface area contributed by atoms with Gasteiger partial charge in [-0.05, 0) is 55.8 Å². The number of pyridine rings is 4. The molecular weight excluding hydrogens is 481 g/mol. The SMILES string of the molecule is Fc1c(-c2cncc(CN3CCCCC3)c2)ncc2[nH]nc(-c3nc4c(-c5ccncc5)nccc4[nH]3)c12. The van der Waals surface area contributed by atoms with Crippen molar-refractivity contribution in [1.29, 1.82) is 0 Å². The van der Waals surface area contributed by atoms with E-state index in [4.69, 9.17) is 4.98 Å². The van der Waals surface area contributed by atoms with E-state index < -0.39 is 5.82 Å². The van der Waals surface area contributed by atoms with Crippen molar-refractivity contribution >= 4 is 21.9 Å². The second-order valence-corrected chi connectivity index (χ2v) is 9.58. The normalized spacial score (nSPS) is 14.4. The van der Waals surface area contributed by atoms with Crippen LogP contribution in [0.1, 0.15) is 24.8 Å². The first-order chi connectivity index (χ1) is 18.7. The number of hydrogen-bond donors (Lipinski definition) is 2. The number of aromatic nitrogens is 8. The molecule has 10 heteroatoms. The summed E-state index contributed by atoms with van der Waals surface area (Å²) in [5.41, 5.74) is 5.87. The van der Waals surface area contributed by atoms with Gasteiger partial charge in [-0.15, -0.1) is 0 Å². The monoisotopic (exact) mass is 505 g/mol. The van der Waals surface area contributed by atoms with Crippen molar-refractivity contribution in [2.75, 3.05) is 13.1 Å². The fourth-order valence-corrected chi connectivity index (χ4v) is 5.20. The number of halogens is 1. The molecule has 38 heavy (non-hydrogen) atoms. The molecule has 0 saturated carbocycles. The number of H-pyrrole nitrogens is 2. The summed E-state index contributed by atoms with van der Waals surface area (Å²) in [5, 5.41) is 7.63. The van der Waals surface area contributed by atoms with Gasteiger partial charge in [-0.1, -0.05) is 6.42 Å². The molecule has 1 aliphatic rings. The fraction of sp³-hybridized carbons (Fsp3) is 0.214. The second-order valence-electron chi connectivity index (χ2n) is 9.58. The molecule has 188 valence electrons. The van der Waals surface area contributed by atoms with Gasteiger partial charge in [-0.2, -0.15) is 5.10 Å². The zero-order valence-corrected chi connectivity index (χ0v) is 20.5. The van der Waals surface area contributed by atoms with Crippen LogP contribution in [-0.4, -0.2) is 58.1 Å². The molecule has 0 radical (unpaired) electrons. The van der Waals surface area contributed by atoms with Crippen LogP contribution in [0.25, 0.3) is 56.0 Å². The average Bonchev–Trinajstić information content (AvgIpc) is 3.59. The smallest absolute Gasteiger partial charge is 0.161 e. The molecule has 0 spiro atoms. The Hall–Kier alpha value is -4.57. The molecular formula is C28H24FN9. The highest BCUT2D eigenvalue weighted by Crippen LogP contribution is 2.34. The highest BCUT2D eigenvalue weighted by Gasteiger charge is 2.22. The predicted molar refractivity (Wildman–Crippen MR) is 142 cm³/mol. The number of likely N-dealkylation sites (tertiary alicyclic amines) is 1. The molecule has 7 heterocycles. The van der Waals surface area contributed by atoms with Crippen LogP contribution in [0.2, 0.25) is 0 Å². The Kier molecular flexibility index (Phi) is 5.58. The molecule has 0 aliphatic carbocycles. The molecule has 7 rings (SSSR count). The largest absolute Gasteiger partial charge is 0.336 e. The van der Waals surface area contributed by atoms with Crippen LogP contribution in [0.4, 0.5) is 4.39 Å². The lowest BCUT2D eigenvalue weighted by atomic mass is 10.1. The zero-order chi connectivity index (χ0) is 25.5. The van der Waals surface area contributed by atoms with Crippen molar-refractivity contribution < 1.29 is 4.39 Å². The summed E-state index contributed by atoms with van der Waals surface area (Å²) in [6.45, 7) is 2.96. The van der Waals surface area contributed by atoms with E-state index in [1.54, 1.807) is 31.0 Å². The molecule has 0 atom stereocenters. The van der Waals surface area contributed by atoms with Crippen molar-refractivity contribution in [2.24, 2.45) is 0 Å². The van der Waals surface area contributed by atoms with Crippen LogP contribution in [0, 0.1) is 5.82 Å². The van der Waals surface area contributed by atoms with Gasteiger partial charge in [-0.3, -0.25) is 29.9 Å². The number of piperidine rings is 1. The first-order valence-corrected chi connectivity index (χ1v) is 12.7. The highest BCUT2D eigenvalue weighted by atomic mass is 19.1. The fourth-order valence-electron chi connectivity index (χ4n) is 5.20. The Morgan fingerprint density at radius 2 is 1.68 bits per heavy atom. The Balaban J connectivity index is 1.29. The maximum atomic E-state index is 16.1. The Labute approximate surface area is 217 Å². The van der Waals surface area contributed by atoms with E-state index in [2.05, 4.69) is 40.0 Å². The minimum Gasteiger partial charge on any atom is -0.336 e. The predicted octanol–water partition coefficient (Wildman–Crippen LogP) is 5.15. The van der Waals surface area contributed by atoms with E-state index in [1.165, 1.54) is 19.3 Å². The van der Waals surface area contributed by atoms with Gasteiger partial charge in [0, 0.05) is 48.7 Å². The number of aromatic amines is 2. The number of rotatable bonds is 5. The van der Waals surface area contributed by atoms with Crippen molar-refractivity contribution in [3.05, 3.63) is 72.8 Å². The Morgan fingerprint density at radius 3 is 2.55 bits per heavy atom. The van der Waals surface area contributed by atoms with Crippen LogP contribution in [0.5, 0.6) is 0 Å².